The molecule has 1 aliphatic rings. The lowest BCUT2D eigenvalue weighted by molar-refractivity contribution is -0.00525. The molecule has 5 heteroatoms. The summed E-state index contributed by atoms with van der Waals surface area (Å²) in [5.74, 6) is 0. The monoisotopic (exact) mass is 281 g/mol. The third kappa shape index (κ3) is 3.29. The molecule has 2 rings (SSSR count). The van der Waals surface area contributed by atoms with Crippen LogP contribution in [0, 0.1) is 0 Å². The van der Waals surface area contributed by atoms with Gasteiger partial charge in [-0.05, 0) is 37.2 Å². The lowest BCUT2D eigenvalue weighted by atomic mass is 10.1. The second-order valence-electron chi connectivity index (χ2n) is 4.95. The Morgan fingerprint density at radius 1 is 1.37 bits per heavy atom. The van der Waals surface area contributed by atoms with Gasteiger partial charge in [0.25, 0.3) is 0 Å². The Morgan fingerprint density at radius 2 is 2.00 bits per heavy atom. The number of benzene rings is 1. The summed E-state index contributed by atoms with van der Waals surface area (Å²) < 4.78 is 17.2. The number of anilines is 1. The average Bonchev–Trinajstić information content (AvgIpc) is 2.36. The molecule has 0 radical (unpaired) electrons. The van der Waals surface area contributed by atoms with Crippen molar-refractivity contribution in [3.8, 4) is 0 Å². The van der Waals surface area contributed by atoms with E-state index in [1.165, 1.54) is 0 Å². The fourth-order valence-electron chi connectivity index (χ4n) is 2.47. The number of hydrogen-bond acceptors (Lipinski definition) is 4. The molecule has 0 spiro atoms. The summed E-state index contributed by atoms with van der Waals surface area (Å²) in [5.41, 5.74) is 1.49. The summed E-state index contributed by atoms with van der Waals surface area (Å²) in [6, 6.07) is 5.41. The van der Waals surface area contributed by atoms with Gasteiger partial charge in [-0.25, -0.2) is 0 Å². The molecular weight excluding hydrogens is 262 g/mol. The molecule has 19 heavy (non-hydrogen) atoms. The first-order chi connectivity index (χ1) is 9.01. The molecule has 0 aliphatic carbocycles. The number of aldehydes is 1. The van der Waals surface area contributed by atoms with Crippen molar-refractivity contribution < 1.29 is 14.1 Å². The smallest absolute Gasteiger partial charge is 0.153 e. The van der Waals surface area contributed by atoms with Crippen molar-refractivity contribution in [2.75, 3.05) is 24.2 Å². The molecule has 1 unspecified atom stereocenters. The zero-order chi connectivity index (χ0) is 14.0. The molecule has 3 atom stereocenters. The first kappa shape index (κ1) is 14.4. The molecule has 1 saturated heterocycles. The van der Waals surface area contributed by atoms with Gasteiger partial charge in [-0.1, -0.05) is 0 Å². The zero-order valence-electron chi connectivity index (χ0n) is 11.5. The van der Waals surface area contributed by atoms with Crippen LogP contribution >= 0.6 is 0 Å². The SMILES string of the molecule is C[C@@H]1CN(c2ccc([S+](C)[O-])cc2C=O)C[C@H](C)O1. The Kier molecular flexibility index (Phi) is 4.50. The molecule has 0 amide bonds. The predicted octanol–water partition coefficient (Wildman–Crippen LogP) is 1.85. The van der Waals surface area contributed by atoms with Crippen LogP contribution in [0.3, 0.4) is 0 Å². The second kappa shape index (κ2) is 5.94. The maximum Gasteiger partial charge on any atom is 0.153 e. The summed E-state index contributed by atoms with van der Waals surface area (Å²) >= 11 is -1.07. The van der Waals surface area contributed by atoms with Gasteiger partial charge in [0.05, 0.1) is 12.2 Å². The number of carbonyl (C=O) groups is 1. The van der Waals surface area contributed by atoms with Crippen molar-refractivity contribution in [3.05, 3.63) is 23.8 Å². The highest BCUT2D eigenvalue weighted by atomic mass is 32.2. The minimum atomic E-state index is -1.07. The van der Waals surface area contributed by atoms with Crippen LogP contribution in [0.25, 0.3) is 0 Å². The van der Waals surface area contributed by atoms with Crippen LogP contribution in [-0.2, 0) is 15.9 Å². The van der Waals surface area contributed by atoms with E-state index in [-0.39, 0.29) is 12.2 Å². The number of hydrogen-bond donors (Lipinski definition) is 0. The molecule has 1 aliphatic heterocycles. The third-order valence-corrected chi connectivity index (χ3v) is 4.14. The maximum atomic E-state index is 11.5. The summed E-state index contributed by atoms with van der Waals surface area (Å²) in [4.78, 5) is 14.1. The largest absolute Gasteiger partial charge is 0.612 e. The highest BCUT2D eigenvalue weighted by molar-refractivity contribution is 7.90. The summed E-state index contributed by atoms with van der Waals surface area (Å²) in [6.07, 6.45) is 2.73. The van der Waals surface area contributed by atoms with Crippen LogP contribution in [-0.4, -0.2) is 42.4 Å². The van der Waals surface area contributed by atoms with E-state index in [4.69, 9.17) is 4.74 Å². The Morgan fingerprint density at radius 3 is 2.53 bits per heavy atom. The van der Waals surface area contributed by atoms with Crippen molar-refractivity contribution in [2.24, 2.45) is 0 Å². The first-order valence-electron chi connectivity index (χ1n) is 6.34. The van der Waals surface area contributed by atoms with E-state index in [9.17, 15) is 9.35 Å². The normalized spacial score (nSPS) is 25.2. The maximum absolute atomic E-state index is 11.5. The Hall–Kier alpha value is -1.04. The van der Waals surface area contributed by atoms with Gasteiger partial charge >= 0.3 is 0 Å². The number of nitrogens with zero attached hydrogens (tertiary/aromatic N) is 1. The van der Waals surface area contributed by atoms with Crippen molar-refractivity contribution in [2.45, 2.75) is 31.0 Å². The minimum Gasteiger partial charge on any atom is -0.612 e. The minimum absolute atomic E-state index is 0.142. The van der Waals surface area contributed by atoms with Gasteiger partial charge in [-0.2, -0.15) is 0 Å². The van der Waals surface area contributed by atoms with E-state index in [0.717, 1.165) is 25.1 Å². The van der Waals surface area contributed by atoms with Gasteiger partial charge in [-0.15, -0.1) is 0 Å². The molecule has 1 heterocycles. The van der Waals surface area contributed by atoms with Crippen LogP contribution in [0.1, 0.15) is 24.2 Å². The Labute approximate surface area is 116 Å². The summed E-state index contributed by atoms with van der Waals surface area (Å²) in [6.45, 7) is 5.58. The standard InChI is InChI=1S/C14H19NO3S/c1-10-7-15(8-11(2)18-10)14-5-4-13(19(3)17)6-12(14)9-16/h4-6,9-11H,7-8H2,1-3H3/t10-,11+,19?. The molecule has 1 aromatic carbocycles. The van der Waals surface area contributed by atoms with E-state index in [1.807, 2.05) is 26.0 Å². The van der Waals surface area contributed by atoms with Crippen molar-refractivity contribution in [1.29, 1.82) is 0 Å². The molecule has 1 fully saturated rings. The number of ether oxygens (including phenoxy) is 1. The van der Waals surface area contributed by atoms with Crippen molar-refractivity contribution in [1.82, 2.24) is 0 Å². The lowest BCUT2D eigenvalue weighted by Gasteiger charge is -2.37. The van der Waals surface area contributed by atoms with Gasteiger partial charge in [0.15, 0.2) is 11.2 Å². The summed E-state index contributed by atoms with van der Waals surface area (Å²) in [7, 11) is 0. The highest BCUT2D eigenvalue weighted by Crippen LogP contribution is 2.26. The number of carbonyl (C=O) groups excluding carboxylic acids is 1. The van der Waals surface area contributed by atoms with E-state index in [1.54, 1.807) is 12.3 Å². The molecular formula is C14H19NO3S. The Balaban J connectivity index is 2.31. The van der Waals surface area contributed by atoms with Crippen LogP contribution in [0.4, 0.5) is 5.69 Å². The van der Waals surface area contributed by atoms with Gasteiger partial charge in [-0.3, -0.25) is 4.79 Å². The van der Waals surface area contributed by atoms with Gasteiger partial charge in [0, 0.05) is 30.4 Å². The molecule has 4 nitrogen and oxygen atoms in total. The second-order valence-corrected chi connectivity index (χ2v) is 6.33. The van der Waals surface area contributed by atoms with E-state index in [2.05, 4.69) is 4.90 Å². The first-order valence-corrected chi connectivity index (χ1v) is 7.90. The van der Waals surface area contributed by atoms with Crippen LogP contribution < -0.4 is 4.90 Å². The molecule has 0 aromatic heterocycles. The molecule has 104 valence electrons. The highest BCUT2D eigenvalue weighted by Gasteiger charge is 2.24. The lowest BCUT2D eigenvalue weighted by Crippen LogP contribution is -2.45. The fourth-order valence-corrected chi connectivity index (χ4v) is 3.02. The van der Waals surface area contributed by atoms with Crippen molar-refractivity contribution >= 4 is 23.1 Å². The molecule has 0 N–H and O–H groups in total. The van der Waals surface area contributed by atoms with Crippen molar-refractivity contribution in [3.63, 3.8) is 0 Å². The van der Waals surface area contributed by atoms with Crippen LogP contribution in [0.5, 0.6) is 0 Å². The summed E-state index contributed by atoms with van der Waals surface area (Å²) in [5, 5.41) is 0. The number of morpholine rings is 1. The fraction of sp³-hybridized carbons (Fsp3) is 0.500. The molecule has 0 saturated carbocycles. The van der Waals surface area contributed by atoms with Crippen LogP contribution in [0.2, 0.25) is 0 Å². The number of rotatable bonds is 3. The molecule has 0 bridgehead atoms. The predicted molar refractivity (Wildman–Crippen MR) is 76.4 cm³/mol. The van der Waals surface area contributed by atoms with Gasteiger partial charge < -0.3 is 14.2 Å². The van der Waals surface area contributed by atoms with E-state index >= 15 is 0 Å². The van der Waals surface area contributed by atoms with Gasteiger partial charge in [0.2, 0.25) is 0 Å². The Bertz CT molecular complexity index is 454. The average molecular weight is 281 g/mol. The topological polar surface area (TPSA) is 52.6 Å². The van der Waals surface area contributed by atoms with E-state index < -0.39 is 11.2 Å². The quantitative estimate of drug-likeness (QED) is 0.627. The van der Waals surface area contributed by atoms with E-state index in [0.29, 0.717) is 10.5 Å². The zero-order valence-corrected chi connectivity index (χ0v) is 12.3. The third-order valence-electron chi connectivity index (χ3n) is 3.22. The van der Waals surface area contributed by atoms with Crippen LogP contribution in [0.15, 0.2) is 23.1 Å². The van der Waals surface area contributed by atoms with Gasteiger partial charge in [0.1, 0.15) is 6.26 Å². The molecule has 1 aromatic rings.